The maximum atomic E-state index is 14.7. The fraction of sp³-hybridized carbons (Fsp3) is 0.278. The summed E-state index contributed by atoms with van der Waals surface area (Å²) < 4.78 is 18.9. The molecule has 4 aromatic carbocycles. The van der Waals surface area contributed by atoms with Gasteiger partial charge in [0.2, 0.25) is 5.90 Å². The van der Waals surface area contributed by atoms with Gasteiger partial charge in [-0.2, -0.15) is 0 Å². The second kappa shape index (κ2) is 13.2. The predicted octanol–water partition coefficient (Wildman–Crippen LogP) is 6.00. The van der Waals surface area contributed by atoms with Crippen LogP contribution in [0.3, 0.4) is 0 Å². The van der Waals surface area contributed by atoms with Crippen LogP contribution in [0.2, 0.25) is 0 Å². The van der Waals surface area contributed by atoms with Gasteiger partial charge in [-0.15, -0.1) is 0 Å². The van der Waals surface area contributed by atoms with Crippen LogP contribution >= 0.6 is 15.9 Å². The lowest BCUT2D eigenvalue weighted by Gasteiger charge is -2.32. The van der Waals surface area contributed by atoms with Crippen LogP contribution in [0.15, 0.2) is 107 Å². The number of nitrogens with zero attached hydrogens (tertiary/aromatic N) is 1. The molecule has 0 radical (unpaired) electrons. The topological polar surface area (TPSA) is 89.4 Å². The van der Waals surface area contributed by atoms with Crippen molar-refractivity contribution in [2.75, 3.05) is 20.3 Å². The highest BCUT2D eigenvalue weighted by molar-refractivity contribution is 9.10. The molecule has 1 aliphatic carbocycles. The van der Waals surface area contributed by atoms with Gasteiger partial charge >= 0.3 is 0 Å². The number of amides is 1. The van der Waals surface area contributed by atoms with Crippen LogP contribution in [0.4, 0.5) is 0 Å². The van der Waals surface area contributed by atoms with Crippen molar-refractivity contribution < 1.29 is 24.1 Å². The van der Waals surface area contributed by atoms with E-state index in [-0.39, 0.29) is 18.6 Å². The van der Waals surface area contributed by atoms with Crippen LogP contribution in [0.1, 0.15) is 40.3 Å². The molecule has 1 amide bonds. The Balaban J connectivity index is 1.40. The first-order chi connectivity index (χ1) is 21.5. The number of aliphatic imine (C=N–C) groups is 1. The Morgan fingerprint density at radius 3 is 2.39 bits per heavy atom. The molecule has 0 bridgehead atoms. The number of carbonyl (C=O) groups is 1. The number of fused-ring (bicyclic) bond motifs is 1. The minimum Gasteiger partial charge on any atom is -0.497 e. The van der Waals surface area contributed by atoms with E-state index < -0.39 is 11.6 Å². The lowest BCUT2D eigenvalue weighted by atomic mass is 9.81. The number of carbonyl (C=O) groups excluding carboxylic acids is 1. The average Bonchev–Trinajstić information content (AvgIpc) is 3.64. The highest BCUT2D eigenvalue weighted by Crippen LogP contribution is 2.43. The molecule has 8 heteroatoms. The molecule has 0 saturated carbocycles. The zero-order valence-corrected chi connectivity index (χ0v) is 26.1. The molecule has 0 fully saturated rings. The first-order valence-corrected chi connectivity index (χ1v) is 15.6. The fourth-order valence-electron chi connectivity index (χ4n) is 5.97. The molecule has 2 N–H and O–H groups in total. The number of halogens is 1. The number of hydrogen-bond acceptors (Lipinski definition) is 6. The first-order valence-electron chi connectivity index (χ1n) is 14.8. The van der Waals surface area contributed by atoms with E-state index in [1.54, 1.807) is 7.11 Å². The molecule has 0 unspecified atom stereocenters. The SMILES string of the molecule is COc1cccc([C@H]2OC(c3ccc(OCCCO)cc3)=N[C@@]2(Cc2ccc(Br)cc2)C(=O)NC2Cc3ccccc3C2)c1. The van der Waals surface area contributed by atoms with Crippen LogP contribution < -0.4 is 14.8 Å². The third-order valence-electron chi connectivity index (χ3n) is 8.20. The summed E-state index contributed by atoms with van der Waals surface area (Å²) in [5, 5.41) is 12.4. The second-order valence-corrected chi connectivity index (χ2v) is 12.1. The van der Waals surface area contributed by atoms with Gasteiger partial charge in [0.15, 0.2) is 11.6 Å². The number of nitrogens with one attached hydrogen (secondary N) is 1. The summed E-state index contributed by atoms with van der Waals surface area (Å²) in [7, 11) is 1.63. The molecular weight excluding hydrogens is 620 g/mol. The highest BCUT2D eigenvalue weighted by Gasteiger charge is 2.54. The summed E-state index contributed by atoms with van der Waals surface area (Å²) in [6.45, 7) is 0.497. The summed E-state index contributed by atoms with van der Waals surface area (Å²) in [5.41, 5.74) is 3.74. The van der Waals surface area contributed by atoms with Crippen molar-refractivity contribution in [1.29, 1.82) is 0 Å². The highest BCUT2D eigenvalue weighted by atomic mass is 79.9. The molecule has 0 saturated heterocycles. The molecule has 4 aromatic rings. The largest absolute Gasteiger partial charge is 0.497 e. The zero-order chi connectivity index (χ0) is 30.5. The lowest BCUT2D eigenvalue weighted by molar-refractivity contribution is -0.129. The summed E-state index contributed by atoms with van der Waals surface area (Å²) in [5.74, 6) is 1.57. The van der Waals surface area contributed by atoms with Crippen molar-refractivity contribution in [2.24, 2.45) is 4.99 Å². The van der Waals surface area contributed by atoms with E-state index in [2.05, 4.69) is 33.4 Å². The van der Waals surface area contributed by atoms with Crippen molar-refractivity contribution >= 4 is 27.7 Å². The van der Waals surface area contributed by atoms with Crippen molar-refractivity contribution in [3.8, 4) is 11.5 Å². The molecule has 7 nitrogen and oxygen atoms in total. The van der Waals surface area contributed by atoms with E-state index in [0.717, 1.165) is 34.0 Å². The summed E-state index contributed by atoms with van der Waals surface area (Å²) in [4.78, 5) is 19.9. The fourth-order valence-corrected chi connectivity index (χ4v) is 6.24. The van der Waals surface area contributed by atoms with Gasteiger partial charge in [-0.05, 0) is 83.6 Å². The Kier molecular flexibility index (Phi) is 9.00. The number of methoxy groups -OCH3 is 1. The summed E-state index contributed by atoms with van der Waals surface area (Å²) >= 11 is 3.54. The number of hydrogen-bond donors (Lipinski definition) is 2. The summed E-state index contributed by atoms with van der Waals surface area (Å²) in [6.07, 6.45) is 1.73. The quantitative estimate of drug-likeness (QED) is 0.194. The number of ether oxygens (including phenoxy) is 3. The van der Waals surface area contributed by atoms with Gasteiger partial charge < -0.3 is 24.6 Å². The minimum atomic E-state index is -1.29. The van der Waals surface area contributed by atoms with Crippen molar-refractivity contribution in [2.45, 2.75) is 43.4 Å². The lowest BCUT2D eigenvalue weighted by Crippen LogP contribution is -2.53. The van der Waals surface area contributed by atoms with Crippen molar-refractivity contribution in [3.63, 3.8) is 0 Å². The Morgan fingerprint density at radius 1 is 0.977 bits per heavy atom. The number of aliphatic hydroxyl groups excluding tert-OH is 1. The average molecular weight is 656 g/mol. The smallest absolute Gasteiger partial charge is 0.252 e. The van der Waals surface area contributed by atoms with E-state index >= 15 is 0 Å². The normalized spacial score (nSPS) is 19.2. The van der Waals surface area contributed by atoms with E-state index in [4.69, 9.17) is 24.3 Å². The Hall–Kier alpha value is -4.14. The van der Waals surface area contributed by atoms with Gasteiger partial charge in [0.05, 0.1) is 13.7 Å². The maximum Gasteiger partial charge on any atom is 0.252 e. The van der Waals surface area contributed by atoms with Gasteiger partial charge in [0.1, 0.15) is 11.5 Å². The monoisotopic (exact) mass is 654 g/mol. The predicted molar refractivity (Wildman–Crippen MR) is 173 cm³/mol. The standard InChI is InChI=1S/C36H35BrN2O5/c1-42-32-9-4-8-28(22-32)33-36(23-24-10-14-29(37)15-11-24,35(41)38-30-20-26-6-2-3-7-27(26)21-30)39-34(44-33)25-12-16-31(17-13-25)43-19-5-18-40/h2-4,6-17,22,30,33,40H,5,18-21,23H2,1H3,(H,38,41)/t33-,36-/m1/s1. The molecular formula is C36H35BrN2O5. The Morgan fingerprint density at radius 2 is 1.70 bits per heavy atom. The molecule has 0 aromatic heterocycles. The van der Waals surface area contributed by atoms with E-state index in [1.165, 1.54) is 11.1 Å². The molecule has 0 spiro atoms. The van der Waals surface area contributed by atoms with Crippen molar-refractivity contribution in [1.82, 2.24) is 5.32 Å². The van der Waals surface area contributed by atoms with Gasteiger partial charge in [0, 0.05) is 35.5 Å². The van der Waals surface area contributed by atoms with Gasteiger partial charge in [0.25, 0.3) is 5.91 Å². The molecule has 1 heterocycles. The molecule has 6 rings (SSSR count). The van der Waals surface area contributed by atoms with E-state index in [9.17, 15) is 4.79 Å². The van der Waals surface area contributed by atoms with Crippen molar-refractivity contribution in [3.05, 3.63) is 129 Å². The second-order valence-electron chi connectivity index (χ2n) is 11.2. The van der Waals surface area contributed by atoms with Gasteiger partial charge in [-0.1, -0.05) is 64.5 Å². The number of aliphatic hydroxyl groups is 1. The van der Waals surface area contributed by atoms with Crippen LogP contribution in [-0.2, 0) is 28.8 Å². The Bertz CT molecular complexity index is 1610. The molecule has 44 heavy (non-hydrogen) atoms. The maximum absolute atomic E-state index is 14.7. The van der Waals surface area contributed by atoms with E-state index in [0.29, 0.717) is 36.8 Å². The zero-order valence-electron chi connectivity index (χ0n) is 24.5. The molecule has 2 atom stereocenters. The van der Waals surface area contributed by atoms with Gasteiger partial charge in [-0.3, -0.25) is 4.79 Å². The minimum absolute atomic E-state index is 0.0396. The molecule has 226 valence electrons. The number of rotatable bonds is 11. The Labute approximate surface area is 266 Å². The van der Waals surface area contributed by atoms with Gasteiger partial charge in [-0.25, -0.2) is 4.99 Å². The van der Waals surface area contributed by atoms with Crippen LogP contribution in [0.25, 0.3) is 0 Å². The molecule has 1 aliphatic heterocycles. The third kappa shape index (κ3) is 6.37. The number of benzene rings is 4. The van der Waals surface area contributed by atoms with Crippen LogP contribution in [0.5, 0.6) is 11.5 Å². The van der Waals surface area contributed by atoms with Crippen LogP contribution in [-0.4, -0.2) is 48.8 Å². The van der Waals surface area contributed by atoms with E-state index in [1.807, 2.05) is 84.9 Å². The molecule has 2 aliphatic rings. The summed E-state index contributed by atoms with van der Waals surface area (Å²) in [6, 6.07) is 31.4. The first kappa shape index (κ1) is 29.9. The van der Waals surface area contributed by atoms with Crippen LogP contribution in [0, 0.1) is 0 Å². The third-order valence-corrected chi connectivity index (χ3v) is 8.73.